The zero-order valence-corrected chi connectivity index (χ0v) is 16.3. The second-order valence-corrected chi connectivity index (χ2v) is 7.57. The van der Waals surface area contributed by atoms with Crippen LogP contribution in [-0.4, -0.2) is 55.2 Å². The van der Waals surface area contributed by atoms with Gasteiger partial charge in [-0.1, -0.05) is 6.07 Å². The molecule has 1 aromatic heterocycles. The van der Waals surface area contributed by atoms with E-state index in [0.29, 0.717) is 12.0 Å². The monoisotopic (exact) mass is 381 g/mol. The van der Waals surface area contributed by atoms with Crippen LogP contribution < -0.4 is 14.8 Å². The summed E-state index contributed by atoms with van der Waals surface area (Å²) in [4.78, 5) is 18.5. The summed E-state index contributed by atoms with van der Waals surface area (Å²) in [6, 6.07) is 10.1. The molecule has 0 unspecified atom stereocenters. The third-order valence-electron chi connectivity index (χ3n) is 5.66. The number of fused-ring (bicyclic) bond motifs is 1. The SMILES string of the molecule is COc1ccc2c(c1)OC[C@H](CNC1CCN(C(=O)c3ccncc3)CC1)C2. The first-order chi connectivity index (χ1) is 13.7. The Kier molecular flexibility index (Phi) is 5.76. The summed E-state index contributed by atoms with van der Waals surface area (Å²) in [5, 5.41) is 3.69. The highest BCUT2D eigenvalue weighted by molar-refractivity contribution is 5.94. The summed E-state index contributed by atoms with van der Waals surface area (Å²) in [7, 11) is 1.67. The maximum Gasteiger partial charge on any atom is 0.253 e. The molecule has 0 saturated carbocycles. The Hall–Kier alpha value is -2.60. The van der Waals surface area contributed by atoms with Gasteiger partial charge in [-0.3, -0.25) is 9.78 Å². The van der Waals surface area contributed by atoms with Gasteiger partial charge < -0.3 is 19.7 Å². The maximum absolute atomic E-state index is 12.5. The number of pyridine rings is 1. The van der Waals surface area contributed by atoms with E-state index < -0.39 is 0 Å². The smallest absolute Gasteiger partial charge is 0.253 e. The van der Waals surface area contributed by atoms with Crippen LogP contribution in [-0.2, 0) is 6.42 Å². The second-order valence-electron chi connectivity index (χ2n) is 7.57. The van der Waals surface area contributed by atoms with Crippen LogP contribution in [0, 0.1) is 5.92 Å². The molecule has 2 aliphatic heterocycles. The van der Waals surface area contributed by atoms with Gasteiger partial charge in [-0.25, -0.2) is 0 Å². The molecule has 1 fully saturated rings. The molecule has 148 valence electrons. The van der Waals surface area contributed by atoms with Crippen LogP contribution in [0.15, 0.2) is 42.7 Å². The van der Waals surface area contributed by atoms with Crippen LogP contribution in [0.2, 0.25) is 0 Å². The lowest BCUT2D eigenvalue weighted by Crippen LogP contribution is -2.46. The molecule has 6 heteroatoms. The summed E-state index contributed by atoms with van der Waals surface area (Å²) in [5.41, 5.74) is 1.97. The quantitative estimate of drug-likeness (QED) is 0.862. The molecule has 6 nitrogen and oxygen atoms in total. The van der Waals surface area contributed by atoms with E-state index in [1.807, 2.05) is 17.0 Å². The molecule has 2 aromatic rings. The molecule has 1 atom stereocenters. The number of benzene rings is 1. The molecular formula is C22H27N3O3. The van der Waals surface area contributed by atoms with Crippen molar-refractivity contribution in [3.05, 3.63) is 53.9 Å². The predicted octanol–water partition coefficient (Wildman–Crippen LogP) is 2.54. The number of piperidine rings is 1. The third kappa shape index (κ3) is 4.28. The molecule has 0 bridgehead atoms. The number of carbonyl (C=O) groups is 1. The van der Waals surface area contributed by atoms with Gasteiger partial charge in [0.25, 0.3) is 5.91 Å². The van der Waals surface area contributed by atoms with E-state index in [-0.39, 0.29) is 5.91 Å². The Balaban J connectivity index is 1.23. The van der Waals surface area contributed by atoms with Gasteiger partial charge in [0.1, 0.15) is 11.5 Å². The zero-order valence-electron chi connectivity index (χ0n) is 16.3. The standard InChI is InChI=1S/C22H27N3O3/c1-27-20-3-2-18-12-16(15-28-21(18)13-20)14-24-19-6-10-25(11-7-19)22(26)17-4-8-23-9-5-17/h2-5,8-9,13,16,19,24H,6-7,10-12,14-15H2,1H3/t16-/m0/s1. The molecule has 0 spiro atoms. The van der Waals surface area contributed by atoms with Gasteiger partial charge in [0.05, 0.1) is 13.7 Å². The normalized spacial score (nSPS) is 19.6. The number of hydrogen-bond acceptors (Lipinski definition) is 5. The Labute approximate surface area is 165 Å². The summed E-state index contributed by atoms with van der Waals surface area (Å²) in [5.74, 6) is 2.35. The number of aromatic nitrogens is 1. The summed E-state index contributed by atoms with van der Waals surface area (Å²) in [6.07, 6.45) is 6.33. The minimum atomic E-state index is 0.105. The van der Waals surface area contributed by atoms with Gasteiger partial charge in [-0.05, 0) is 43.0 Å². The highest BCUT2D eigenvalue weighted by Gasteiger charge is 2.25. The molecule has 3 heterocycles. The molecule has 1 saturated heterocycles. The van der Waals surface area contributed by atoms with Crippen LogP contribution in [0.5, 0.6) is 11.5 Å². The van der Waals surface area contributed by atoms with Crippen LogP contribution >= 0.6 is 0 Å². The number of nitrogens with zero attached hydrogens (tertiary/aromatic N) is 2. The number of rotatable bonds is 5. The van der Waals surface area contributed by atoms with Gasteiger partial charge in [-0.15, -0.1) is 0 Å². The molecule has 4 rings (SSSR count). The van der Waals surface area contributed by atoms with Crippen molar-refractivity contribution in [1.29, 1.82) is 0 Å². The lowest BCUT2D eigenvalue weighted by atomic mass is 9.95. The van der Waals surface area contributed by atoms with E-state index >= 15 is 0 Å². The van der Waals surface area contributed by atoms with Gasteiger partial charge in [0, 0.05) is 55.6 Å². The van der Waals surface area contributed by atoms with Crippen molar-refractivity contribution in [3.63, 3.8) is 0 Å². The van der Waals surface area contributed by atoms with Crippen molar-refractivity contribution in [3.8, 4) is 11.5 Å². The molecular weight excluding hydrogens is 354 g/mol. The van der Waals surface area contributed by atoms with Crippen molar-refractivity contribution < 1.29 is 14.3 Å². The first kappa shape index (κ1) is 18.7. The fraction of sp³-hybridized carbons (Fsp3) is 0.455. The summed E-state index contributed by atoms with van der Waals surface area (Å²) >= 11 is 0. The van der Waals surface area contributed by atoms with Crippen LogP contribution in [0.25, 0.3) is 0 Å². The van der Waals surface area contributed by atoms with E-state index in [1.54, 1.807) is 31.6 Å². The van der Waals surface area contributed by atoms with Crippen LogP contribution in [0.1, 0.15) is 28.8 Å². The third-order valence-corrected chi connectivity index (χ3v) is 5.66. The first-order valence-electron chi connectivity index (χ1n) is 9.95. The number of methoxy groups -OCH3 is 1. The van der Waals surface area contributed by atoms with Crippen molar-refractivity contribution in [1.82, 2.24) is 15.2 Å². The Morgan fingerprint density at radius 2 is 2.04 bits per heavy atom. The van der Waals surface area contributed by atoms with Crippen molar-refractivity contribution in [2.75, 3.05) is 33.4 Å². The van der Waals surface area contributed by atoms with E-state index in [9.17, 15) is 4.79 Å². The second kappa shape index (κ2) is 8.61. The van der Waals surface area contributed by atoms with E-state index in [4.69, 9.17) is 9.47 Å². The zero-order chi connectivity index (χ0) is 19.3. The lowest BCUT2D eigenvalue weighted by molar-refractivity contribution is 0.0702. The van der Waals surface area contributed by atoms with Crippen molar-refractivity contribution in [2.45, 2.75) is 25.3 Å². The fourth-order valence-electron chi connectivity index (χ4n) is 3.97. The topological polar surface area (TPSA) is 63.7 Å². The number of likely N-dealkylation sites (tertiary alicyclic amines) is 1. The van der Waals surface area contributed by atoms with Crippen molar-refractivity contribution in [2.24, 2.45) is 5.92 Å². The summed E-state index contributed by atoms with van der Waals surface area (Å²) in [6.45, 7) is 3.26. The molecule has 2 aliphatic rings. The Morgan fingerprint density at radius 3 is 2.79 bits per heavy atom. The number of nitrogens with one attached hydrogen (secondary N) is 1. The van der Waals surface area contributed by atoms with Gasteiger partial charge in [0.2, 0.25) is 0 Å². The largest absolute Gasteiger partial charge is 0.497 e. The Bertz CT molecular complexity index is 804. The highest BCUT2D eigenvalue weighted by Crippen LogP contribution is 2.31. The Morgan fingerprint density at radius 1 is 1.25 bits per heavy atom. The van der Waals surface area contributed by atoms with Crippen molar-refractivity contribution >= 4 is 5.91 Å². The predicted molar refractivity (Wildman–Crippen MR) is 107 cm³/mol. The molecule has 1 N–H and O–H groups in total. The summed E-state index contributed by atoms with van der Waals surface area (Å²) < 4.78 is 11.2. The lowest BCUT2D eigenvalue weighted by Gasteiger charge is -2.34. The number of carbonyl (C=O) groups excluding carboxylic acids is 1. The molecule has 0 aliphatic carbocycles. The minimum absolute atomic E-state index is 0.105. The highest BCUT2D eigenvalue weighted by atomic mass is 16.5. The average Bonchev–Trinajstić information content (AvgIpc) is 2.77. The molecule has 28 heavy (non-hydrogen) atoms. The minimum Gasteiger partial charge on any atom is -0.497 e. The molecule has 1 amide bonds. The van der Waals surface area contributed by atoms with Crippen LogP contribution in [0.3, 0.4) is 0 Å². The molecule has 1 aromatic carbocycles. The average molecular weight is 381 g/mol. The van der Waals surface area contributed by atoms with E-state index in [0.717, 1.165) is 62.6 Å². The van der Waals surface area contributed by atoms with Gasteiger partial charge >= 0.3 is 0 Å². The van der Waals surface area contributed by atoms with Crippen LogP contribution in [0.4, 0.5) is 0 Å². The van der Waals surface area contributed by atoms with Gasteiger partial charge in [-0.2, -0.15) is 0 Å². The fourth-order valence-corrected chi connectivity index (χ4v) is 3.97. The molecule has 0 radical (unpaired) electrons. The number of hydrogen-bond donors (Lipinski definition) is 1. The first-order valence-corrected chi connectivity index (χ1v) is 9.95. The number of ether oxygens (including phenoxy) is 2. The maximum atomic E-state index is 12.5. The van der Waals surface area contributed by atoms with Gasteiger partial charge in [0.15, 0.2) is 0 Å². The number of amides is 1. The van der Waals surface area contributed by atoms with E-state index in [2.05, 4.69) is 16.4 Å². The van der Waals surface area contributed by atoms with E-state index in [1.165, 1.54) is 5.56 Å².